The van der Waals surface area contributed by atoms with E-state index in [2.05, 4.69) is 9.88 Å². The summed E-state index contributed by atoms with van der Waals surface area (Å²) in [4.78, 5) is 18.8. The SMILES string of the molecule is O=c1c(OCCN2CCOCC2)cnc2ccc(OB(O)O)cn12. The lowest BCUT2D eigenvalue weighted by Crippen LogP contribution is -2.39. The van der Waals surface area contributed by atoms with Crippen molar-refractivity contribution in [2.24, 2.45) is 0 Å². The summed E-state index contributed by atoms with van der Waals surface area (Å²) in [5.41, 5.74) is 0.0140. The van der Waals surface area contributed by atoms with Crippen LogP contribution in [0.15, 0.2) is 29.3 Å². The summed E-state index contributed by atoms with van der Waals surface area (Å²) in [5, 5.41) is 17.7. The van der Waals surface area contributed by atoms with Crippen LogP contribution < -0.4 is 15.0 Å². The molecule has 0 atom stereocenters. The van der Waals surface area contributed by atoms with Crippen LogP contribution in [0, 0.1) is 0 Å². The van der Waals surface area contributed by atoms with Crippen LogP contribution in [0.4, 0.5) is 0 Å². The Morgan fingerprint density at radius 1 is 1.29 bits per heavy atom. The highest BCUT2D eigenvalue weighted by Gasteiger charge is 2.14. The van der Waals surface area contributed by atoms with Crippen molar-refractivity contribution in [2.45, 2.75) is 0 Å². The van der Waals surface area contributed by atoms with Crippen molar-refractivity contribution in [2.75, 3.05) is 39.5 Å². The van der Waals surface area contributed by atoms with Crippen molar-refractivity contribution in [1.29, 1.82) is 0 Å². The standard InChI is InChI=1S/C14H18BN3O6/c19-14-12(23-8-5-17-3-6-22-7-4-17)9-16-13-2-1-11(10-18(13)14)24-15(20)21/h1-2,9-10,20-21H,3-8H2. The van der Waals surface area contributed by atoms with E-state index in [4.69, 9.17) is 24.2 Å². The number of nitrogens with zero attached hydrogens (tertiary/aromatic N) is 3. The molecule has 1 fully saturated rings. The molecule has 0 saturated carbocycles. The average molecular weight is 335 g/mol. The molecule has 2 N–H and O–H groups in total. The molecule has 3 rings (SSSR count). The van der Waals surface area contributed by atoms with Gasteiger partial charge in [-0.3, -0.25) is 14.1 Å². The third-order valence-electron chi connectivity index (χ3n) is 3.65. The Morgan fingerprint density at radius 3 is 2.83 bits per heavy atom. The molecule has 0 unspecified atom stereocenters. The number of fused-ring (bicyclic) bond motifs is 1. The largest absolute Gasteiger partial charge is 0.707 e. The molecule has 0 bridgehead atoms. The van der Waals surface area contributed by atoms with Gasteiger partial charge in [0, 0.05) is 19.6 Å². The van der Waals surface area contributed by atoms with Gasteiger partial charge in [-0.25, -0.2) is 4.98 Å². The van der Waals surface area contributed by atoms with Crippen LogP contribution in [0.5, 0.6) is 11.5 Å². The lowest BCUT2D eigenvalue weighted by atomic mass is 10.2. The number of ether oxygens (including phenoxy) is 2. The second-order valence-corrected chi connectivity index (χ2v) is 5.27. The number of morpholine rings is 1. The number of pyridine rings is 1. The van der Waals surface area contributed by atoms with Gasteiger partial charge in [0.25, 0.3) is 5.56 Å². The van der Waals surface area contributed by atoms with Crippen LogP contribution in [0.25, 0.3) is 5.65 Å². The molecule has 9 nitrogen and oxygen atoms in total. The summed E-state index contributed by atoms with van der Waals surface area (Å²) >= 11 is 0. The minimum atomic E-state index is -1.96. The average Bonchev–Trinajstić information content (AvgIpc) is 2.58. The van der Waals surface area contributed by atoms with Crippen molar-refractivity contribution in [3.05, 3.63) is 34.9 Å². The van der Waals surface area contributed by atoms with Crippen molar-refractivity contribution in [3.8, 4) is 11.5 Å². The summed E-state index contributed by atoms with van der Waals surface area (Å²) < 4.78 is 16.8. The van der Waals surface area contributed by atoms with E-state index < -0.39 is 7.32 Å². The van der Waals surface area contributed by atoms with Gasteiger partial charge in [-0.15, -0.1) is 0 Å². The Balaban J connectivity index is 1.71. The zero-order chi connectivity index (χ0) is 16.9. The normalized spacial score (nSPS) is 15.4. The first-order valence-electron chi connectivity index (χ1n) is 7.60. The Morgan fingerprint density at radius 2 is 2.08 bits per heavy atom. The zero-order valence-electron chi connectivity index (χ0n) is 13.0. The molecule has 1 saturated heterocycles. The van der Waals surface area contributed by atoms with Crippen LogP contribution in [0.1, 0.15) is 0 Å². The molecule has 0 aliphatic carbocycles. The lowest BCUT2D eigenvalue weighted by molar-refractivity contribution is 0.0321. The molecular formula is C14H18BN3O6. The van der Waals surface area contributed by atoms with E-state index in [0.717, 1.165) is 13.1 Å². The number of hydrogen-bond donors (Lipinski definition) is 2. The monoisotopic (exact) mass is 335 g/mol. The van der Waals surface area contributed by atoms with Crippen LogP contribution in [-0.2, 0) is 4.74 Å². The first-order valence-corrected chi connectivity index (χ1v) is 7.60. The second kappa shape index (κ2) is 7.62. The third kappa shape index (κ3) is 4.03. The van der Waals surface area contributed by atoms with E-state index in [-0.39, 0.29) is 17.1 Å². The molecule has 2 aromatic heterocycles. The first kappa shape index (κ1) is 16.7. The predicted octanol–water partition coefficient (Wildman–Crippen LogP) is -1.25. The van der Waals surface area contributed by atoms with E-state index in [1.165, 1.54) is 28.9 Å². The summed E-state index contributed by atoms with van der Waals surface area (Å²) in [6.07, 6.45) is 2.72. The second-order valence-electron chi connectivity index (χ2n) is 5.27. The molecule has 10 heteroatoms. The Hall–Kier alpha value is -2.14. The quantitative estimate of drug-likeness (QED) is 0.631. The summed E-state index contributed by atoms with van der Waals surface area (Å²) in [6, 6.07) is 3.02. The Kier molecular flexibility index (Phi) is 5.31. The van der Waals surface area contributed by atoms with E-state index in [9.17, 15) is 4.79 Å². The van der Waals surface area contributed by atoms with Gasteiger partial charge in [0.15, 0.2) is 0 Å². The molecule has 128 valence electrons. The maximum atomic E-state index is 12.4. The Labute approximate surface area is 138 Å². The van der Waals surface area contributed by atoms with Crippen molar-refractivity contribution < 1.29 is 24.2 Å². The number of rotatable bonds is 6. The molecule has 2 aromatic rings. The molecule has 24 heavy (non-hydrogen) atoms. The van der Waals surface area contributed by atoms with Crippen LogP contribution in [-0.4, -0.2) is 71.1 Å². The van der Waals surface area contributed by atoms with Crippen molar-refractivity contribution in [3.63, 3.8) is 0 Å². The van der Waals surface area contributed by atoms with Gasteiger partial charge < -0.3 is 24.2 Å². The molecule has 0 radical (unpaired) electrons. The third-order valence-corrected chi connectivity index (χ3v) is 3.65. The van der Waals surface area contributed by atoms with Crippen LogP contribution in [0.2, 0.25) is 0 Å². The highest BCUT2D eigenvalue weighted by Crippen LogP contribution is 2.12. The zero-order valence-corrected chi connectivity index (χ0v) is 13.0. The maximum absolute atomic E-state index is 12.4. The van der Waals surface area contributed by atoms with E-state index in [0.29, 0.717) is 32.0 Å². The molecule has 1 aliphatic rings. The van der Waals surface area contributed by atoms with Gasteiger partial charge in [0.1, 0.15) is 18.0 Å². The fourth-order valence-corrected chi connectivity index (χ4v) is 2.44. The van der Waals surface area contributed by atoms with Gasteiger partial charge >= 0.3 is 7.32 Å². The van der Waals surface area contributed by atoms with E-state index in [1.54, 1.807) is 0 Å². The first-order chi connectivity index (χ1) is 11.6. The van der Waals surface area contributed by atoms with Gasteiger partial charge in [0.05, 0.1) is 25.6 Å². The topological polar surface area (TPSA) is 106 Å². The smallest absolute Gasteiger partial charge is 0.511 e. The Bertz CT molecular complexity index is 747. The van der Waals surface area contributed by atoms with Crippen molar-refractivity contribution in [1.82, 2.24) is 14.3 Å². The molecule has 0 amide bonds. The molecule has 3 heterocycles. The molecule has 1 aliphatic heterocycles. The molecule has 0 aromatic carbocycles. The van der Waals surface area contributed by atoms with Gasteiger partial charge in [-0.2, -0.15) is 0 Å². The predicted molar refractivity (Wildman–Crippen MR) is 85.0 cm³/mol. The van der Waals surface area contributed by atoms with Crippen molar-refractivity contribution >= 4 is 13.0 Å². The van der Waals surface area contributed by atoms with Crippen LogP contribution in [0.3, 0.4) is 0 Å². The number of hydrogen-bond acceptors (Lipinski definition) is 8. The fourth-order valence-electron chi connectivity index (χ4n) is 2.44. The van der Waals surface area contributed by atoms with Gasteiger partial charge in [-0.1, -0.05) is 0 Å². The molecular weight excluding hydrogens is 317 g/mol. The van der Waals surface area contributed by atoms with E-state index in [1.807, 2.05) is 0 Å². The maximum Gasteiger partial charge on any atom is 0.707 e. The minimum Gasteiger partial charge on any atom is -0.511 e. The van der Waals surface area contributed by atoms with Gasteiger partial charge in [0.2, 0.25) is 5.75 Å². The van der Waals surface area contributed by atoms with E-state index >= 15 is 0 Å². The highest BCUT2D eigenvalue weighted by molar-refractivity contribution is 6.33. The van der Waals surface area contributed by atoms with Gasteiger partial charge in [-0.05, 0) is 12.1 Å². The number of aromatic nitrogens is 2. The fraction of sp³-hybridized carbons (Fsp3) is 0.429. The summed E-state index contributed by atoms with van der Waals surface area (Å²) in [7, 11) is -1.96. The molecule has 0 spiro atoms. The highest BCUT2D eigenvalue weighted by atomic mass is 16.6. The lowest BCUT2D eigenvalue weighted by Gasteiger charge is -2.26. The van der Waals surface area contributed by atoms with Crippen LogP contribution >= 0.6 is 0 Å². The summed E-state index contributed by atoms with van der Waals surface area (Å²) in [5.74, 6) is 0.259. The summed E-state index contributed by atoms with van der Waals surface area (Å²) in [6.45, 7) is 4.18. The minimum absolute atomic E-state index is 0.127.